The molecule has 0 saturated heterocycles. The summed E-state index contributed by atoms with van der Waals surface area (Å²) in [5.41, 5.74) is 5.74. The zero-order chi connectivity index (χ0) is 16.3. The molecule has 0 aliphatic rings. The maximum absolute atomic E-state index is 13.8. The Bertz CT molecular complexity index is 761. The van der Waals surface area contributed by atoms with Gasteiger partial charge >= 0.3 is 0 Å². The Balaban J connectivity index is 2.58. The van der Waals surface area contributed by atoms with E-state index < -0.39 is 5.82 Å². The lowest BCUT2D eigenvalue weighted by atomic mass is 10.1. The van der Waals surface area contributed by atoms with Gasteiger partial charge in [-0.3, -0.25) is 0 Å². The molecule has 1 heterocycles. The fourth-order valence-corrected chi connectivity index (χ4v) is 1.86. The summed E-state index contributed by atoms with van der Waals surface area (Å²) in [6, 6.07) is 6.18. The molecule has 8 heteroatoms. The Labute approximate surface area is 131 Å². The monoisotopic (exact) mass is 318 g/mol. The zero-order valence-corrected chi connectivity index (χ0v) is 12.6. The second-order valence-electron chi connectivity index (χ2n) is 4.52. The summed E-state index contributed by atoms with van der Waals surface area (Å²) >= 11 is 5.95. The fraction of sp³-hybridized carbons (Fsp3) is 0.143. The standard InChI is InChI=1S/C14H12ClFN6/c1-22(2)14-20-12(19-13(18)21-14)8(7-17)6-9-10(15)4-3-5-11(9)16/h3-6H,1-2H3,(H2,18,19,20,21)/b8-6-. The Hall–Kier alpha value is -2.72. The molecule has 2 N–H and O–H groups in total. The van der Waals surface area contributed by atoms with Crippen molar-refractivity contribution in [2.24, 2.45) is 0 Å². The van der Waals surface area contributed by atoms with E-state index in [0.29, 0.717) is 5.95 Å². The van der Waals surface area contributed by atoms with E-state index in [4.69, 9.17) is 17.3 Å². The van der Waals surface area contributed by atoms with Gasteiger partial charge < -0.3 is 10.6 Å². The van der Waals surface area contributed by atoms with Crippen LogP contribution in [0.3, 0.4) is 0 Å². The first-order valence-electron chi connectivity index (χ1n) is 6.17. The summed E-state index contributed by atoms with van der Waals surface area (Å²) in [5, 5.41) is 9.49. The van der Waals surface area contributed by atoms with Crippen molar-refractivity contribution in [2.45, 2.75) is 0 Å². The van der Waals surface area contributed by atoms with Crippen LogP contribution in [0, 0.1) is 17.1 Å². The number of rotatable bonds is 3. The largest absolute Gasteiger partial charge is 0.368 e. The first kappa shape index (κ1) is 15.7. The molecule has 0 atom stereocenters. The maximum Gasteiger partial charge on any atom is 0.230 e. The number of nitrogens with two attached hydrogens (primary N) is 1. The summed E-state index contributed by atoms with van der Waals surface area (Å²) in [4.78, 5) is 13.6. The third-order valence-electron chi connectivity index (χ3n) is 2.69. The Morgan fingerprint density at radius 3 is 2.68 bits per heavy atom. The van der Waals surface area contributed by atoms with Gasteiger partial charge in [-0.1, -0.05) is 17.7 Å². The molecule has 2 rings (SSSR count). The fourth-order valence-electron chi connectivity index (χ4n) is 1.64. The number of halogens is 2. The van der Waals surface area contributed by atoms with Crippen molar-refractivity contribution >= 4 is 35.1 Å². The second kappa shape index (κ2) is 6.37. The zero-order valence-electron chi connectivity index (χ0n) is 11.9. The number of nitriles is 1. The predicted octanol–water partition coefficient (Wildman–Crippen LogP) is 2.38. The van der Waals surface area contributed by atoms with Crippen molar-refractivity contribution in [3.63, 3.8) is 0 Å². The number of hydrogen-bond acceptors (Lipinski definition) is 6. The van der Waals surface area contributed by atoms with Crippen LogP contribution in [0.5, 0.6) is 0 Å². The summed E-state index contributed by atoms with van der Waals surface area (Å²) < 4.78 is 13.8. The van der Waals surface area contributed by atoms with Crippen molar-refractivity contribution in [1.29, 1.82) is 5.26 Å². The van der Waals surface area contributed by atoms with Gasteiger partial charge in [0.15, 0.2) is 5.82 Å². The summed E-state index contributed by atoms with van der Waals surface area (Å²) in [6.07, 6.45) is 1.28. The molecule has 0 aliphatic carbocycles. The summed E-state index contributed by atoms with van der Waals surface area (Å²) in [6.45, 7) is 0. The summed E-state index contributed by atoms with van der Waals surface area (Å²) in [5.74, 6) is -0.231. The highest BCUT2D eigenvalue weighted by Crippen LogP contribution is 2.24. The van der Waals surface area contributed by atoms with Crippen LogP contribution in [-0.2, 0) is 0 Å². The number of hydrogen-bond donors (Lipinski definition) is 1. The first-order valence-corrected chi connectivity index (χ1v) is 6.55. The highest BCUT2D eigenvalue weighted by atomic mass is 35.5. The minimum Gasteiger partial charge on any atom is -0.368 e. The van der Waals surface area contributed by atoms with Crippen LogP contribution >= 0.6 is 11.6 Å². The van der Waals surface area contributed by atoms with Crippen molar-refractivity contribution in [2.75, 3.05) is 24.7 Å². The molecule has 0 aliphatic heterocycles. The van der Waals surface area contributed by atoms with Crippen LogP contribution in [0.4, 0.5) is 16.3 Å². The van der Waals surface area contributed by atoms with Crippen LogP contribution in [-0.4, -0.2) is 29.0 Å². The van der Waals surface area contributed by atoms with Crippen molar-refractivity contribution < 1.29 is 4.39 Å². The van der Waals surface area contributed by atoms with Crippen LogP contribution in [0.1, 0.15) is 11.4 Å². The van der Waals surface area contributed by atoms with Gasteiger partial charge in [0, 0.05) is 19.7 Å². The molecule has 2 aromatic rings. The number of allylic oxidation sites excluding steroid dienone is 1. The highest BCUT2D eigenvalue weighted by Gasteiger charge is 2.13. The van der Waals surface area contributed by atoms with E-state index in [0.717, 1.165) is 0 Å². The molecule has 1 aromatic carbocycles. The average molecular weight is 319 g/mol. The number of aromatic nitrogens is 3. The number of nitrogen functional groups attached to an aromatic ring is 1. The minimum absolute atomic E-state index is 0.0317. The molecule has 0 saturated carbocycles. The Morgan fingerprint density at radius 1 is 1.36 bits per heavy atom. The second-order valence-corrected chi connectivity index (χ2v) is 4.92. The quantitative estimate of drug-likeness (QED) is 0.873. The molecule has 0 fully saturated rings. The normalized spacial score (nSPS) is 11.1. The van der Waals surface area contributed by atoms with Gasteiger partial charge in [-0.15, -0.1) is 0 Å². The molecule has 112 valence electrons. The van der Waals surface area contributed by atoms with Gasteiger partial charge in [-0.05, 0) is 18.2 Å². The lowest BCUT2D eigenvalue weighted by Crippen LogP contribution is -2.15. The van der Waals surface area contributed by atoms with Crippen molar-refractivity contribution in [3.8, 4) is 6.07 Å². The van der Waals surface area contributed by atoms with Gasteiger partial charge in [0.2, 0.25) is 11.9 Å². The molecular weight excluding hydrogens is 307 g/mol. The molecule has 0 spiro atoms. The third kappa shape index (κ3) is 3.30. The van der Waals surface area contributed by atoms with Gasteiger partial charge in [-0.25, -0.2) is 4.39 Å². The first-order chi connectivity index (χ1) is 10.4. The topological polar surface area (TPSA) is 91.7 Å². The molecule has 0 unspecified atom stereocenters. The van der Waals surface area contributed by atoms with Gasteiger partial charge in [0.1, 0.15) is 11.9 Å². The molecule has 1 aromatic heterocycles. The van der Waals surface area contributed by atoms with E-state index in [1.165, 1.54) is 24.3 Å². The molecule has 0 bridgehead atoms. The minimum atomic E-state index is -0.546. The van der Waals surface area contributed by atoms with Crippen molar-refractivity contribution in [1.82, 2.24) is 15.0 Å². The Morgan fingerprint density at radius 2 is 2.09 bits per heavy atom. The average Bonchev–Trinajstić information content (AvgIpc) is 2.46. The lowest BCUT2D eigenvalue weighted by molar-refractivity contribution is 0.625. The predicted molar refractivity (Wildman–Crippen MR) is 83.5 cm³/mol. The van der Waals surface area contributed by atoms with E-state index in [2.05, 4.69) is 15.0 Å². The van der Waals surface area contributed by atoms with E-state index >= 15 is 0 Å². The Kier molecular flexibility index (Phi) is 4.53. The lowest BCUT2D eigenvalue weighted by Gasteiger charge is -2.11. The van der Waals surface area contributed by atoms with E-state index in [1.54, 1.807) is 19.0 Å². The van der Waals surface area contributed by atoms with E-state index in [9.17, 15) is 9.65 Å². The van der Waals surface area contributed by atoms with E-state index in [1.807, 2.05) is 6.07 Å². The van der Waals surface area contributed by atoms with Crippen LogP contribution in [0.25, 0.3) is 11.6 Å². The van der Waals surface area contributed by atoms with Crippen molar-refractivity contribution in [3.05, 3.63) is 40.4 Å². The number of nitrogens with zero attached hydrogens (tertiary/aromatic N) is 5. The molecule has 0 amide bonds. The third-order valence-corrected chi connectivity index (χ3v) is 3.02. The molecule has 6 nitrogen and oxygen atoms in total. The van der Waals surface area contributed by atoms with E-state index in [-0.39, 0.29) is 27.9 Å². The van der Waals surface area contributed by atoms with Crippen LogP contribution < -0.4 is 10.6 Å². The SMILES string of the molecule is CN(C)c1nc(N)nc(/C(C#N)=C\c2c(F)cccc2Cl)n1. The van der Waals surface area contributed by atoms with Gasteiger partial charge in [0.05, 0.1) is 10.6 Å². The summed E-state index contributed by atoms with van der Waals surface area (Å²) in [7, 11) is 3.45. The highest BCUT2D eigenvalue weighted by molar-refractivity contribution is 6.32. The molecule has 22 heavy (non-hydrogen) atoms. The number of anilines is 2. The number of benzene rings is 1. The maximum atomic E-state index is 13.8. The molecular formula is C14H12ClFN6. The molecule has 0 radical (unpaired) electrons. The van der Waals surface area contributed by atoms with Crippen LogP contribution in [0.2, 0.25) is 5.02 Å². The van der Waals surface area contributed by atoms with Crippen LogP contribution in [0.15, 0.2) is 18.2 Å². The van der Waals surface area contributed by atoms with Gasteiger partial charge in [-0.2, -0.15) is 20.2 Å². The smallest absolute Gasteiger partial charge is 0.230 e. The van der Waals surface area contributed by atoms with Gasteiger partial charge in [0.25, 0.3) is 0 Å².